The van der Waals surface area contributed by atoms with Crippen LogP contribution in [0.2, 0.25) is 0 Å². The fourth-order valence-corrected chi connectivity index (χ4v) is 2.97. The van der Waals surface area contributed by atoms with Crippen LogP contribution < -0.4 is 10.1 Å². The first-order valence-electron chi connectivity index (χ1n) is 7.27. The number of hydrogen-bond acceptors (Lipinski definition) is 2. The number of rotatable bonds is 4. The van der Waals surface area contributed by atoms with Crippen LogP contribution in [-0.4, -0.2) is 18.1 Å². The molecule has 1 aliphatic carbocycles. The summed E-state index contributed by atoms with van der Waals surface area (Å²) < 4.78 is 19.5. The first-order valence-corrected chi connectivity index (χ1v) is 8.06. The van der Waals surface area contributed by atoms with Crippen LogP contribution >= 0.6 is 15.9 Å². The number of amides is 1. The second kappa shape index (κ2) is 6.77. The predicted octanol–water partition coefficient (Wildman–Crippen LogP) is 4.05. The van der Waals surface area contributed by atoms with Crippen molar-refractivity contribution in [3.63, 3.8) is 0 Å². The normalized spacial score (nSPS) is 25.4. The van der Waals surface area contributed by atoms with Crippen molar-refractivity contribution in [2.75, 3.05) is 6.61 Å². The van der Waals surface area contributed by atoms with Crippen LogP contribution in [0, 0.1) is 11.7 Å². The van der Waals surface area contributed by atoms with Gasteiger partial charge < -0.3 is 10.1 Å². The summed E-state index contributed by atoms with van der Waals surface area (Å²) in [6.45, 7) is 4.14. The summed E-state index contributed by atoms with van der Waals surface area (Å²) in [6.07, 6.45) is 4.21. The lowest BCUT2D eigenvalue weighted by Gasteiger charge is -2.37. The van der Waals surface area contributed by atoms with Crippen molar-refractivity contribution in [2.24, 2.45) is 5.92 Å². The van der Waals surface area contributed by atoms with E-state index in [9.17, 15) is 9.18 Å². The van der Waals surface area contributed by atoms with E-state index in [2.05, 4.69) is 35.1 Å². The third kappa shape index (κ3) is 4.70. The Hall–Kier alpha value is -1.10. The maximum Gasteiger partial charge on any atom is 0.258 e. The van der Waals surface area contributed by atoms with E-state index < -0.39 is 5.82 Å². The van der Waals surface area contributed by atoms with Gasteiger partial charge in [0.15, 0.2) is 18.2 Å². The molecule has 1 fully saturated rings. The van der Waals surface area contributed by atoms with Gasteiger partial charge in [0, 0.05) is 10.0 Å². The molecule has 0 unspecified atom stereocenters. The van der Waals surface area contributed by atoms with Gasteiger partial charge in [-0.2, -0.15) is 0 Å². The van der Waals surface area contributed by atoms with Gasteiger partial charge in [-0.05, 0) is 56.7 Å². The zero-order chi connectivity index (χ0) is 15.5. The summed E-state index contributed by atoms with van der Waals surface area (Å²) in [7, 11) is 0. The van der Waals surface area contributed by atoms with E-state index in [4.69, 9.17) is 4.74 Å². The SMILES string of the molecule is CC1CCC(C)(NC(=O)COc2ccc(Br)cc2F)CC1. The molecule has 0 bridgehead atoms. The van der Waals surface area contributed by atoms with E-state index in [0.29, 0.717) is 4.47 Å². The molecular weight excluding hydrogens is 337 g/mol. The number of ether oxygens (including phenoxy) is 1. The van der Waals surface area contributed by atoms with E-state index in [1.54, 1.807) is 6.07 Å². The van der Waals surface area contributed by atoms with Crippen LogP contribution in [0.4, 0.5) is 4.39 Å². The van der Waals surface area contributed by atoms with Gasteiger partial charge >= 0.3 is 0 Å². The van der Waals surface area contributed by atoms with Crippen molar-refractivity contribution in [1.29, 1.82) is 0 Å². The van der Waals surface area contributed by atoms with Gasteiger partial charge in [-0.15, -0.1) is 0 Å². The number of benzene rings is 1. The van der Waals surface area contributed by atoms with Crippen molar-refractivity contribution in [3.05, 3.63) is 28.5 Å². The lowest BCUT2D eigenvalue weighted by Crippen LogP contribution is -2.49. The first kappa shape index (κ1) is 16.3. The Bertz CT molecular complexity index is 513. The fraction of sp³-hybridized carbons (Fsp3) is 0.562. The molecule has 1 amide bonds. The van der Waals surface area contributed by atoms with Gasteiger partial charge in [-0.3, -0.25) is 4.79 Å². The Morgan fingerprint density at radius 2 is 2.14 bits per heavy atom. The molecule has 1 N–H and O–H groups in total. The highest BCUT2D eigenvalue weighted by molar-refractivity contribution is 9.10. The standard InChI is InChI=1S/C16H21BrFNO2/c1-11-5-7-16(2,8-6-11)19-15(20)10-21-14-4-3-12(17)9-13(14)18/h3-4,9,11H,5-8,10H2,1-2H3,(H,19,20). The second-order valence-corrected chi connectivity index (χ2v) is 7.07. The topological polar surface area (TPSA) is 38.3 Å². The minimum absolute atomic E-state index is 0.0933. The summed E-state index contributed by atoms with van der Waals surface area (Å²) in [5.41, 5.74) is -0.161. The summed E-state index contributed by atoms with van der Waals surface area (Å²) in [4.78, 5) is 12.0. The Morgan fingerprint density at radius 1 is 1.48 bits per heavy atom. The van der Waals surface area contributed by atoms with E-state index in [1.165, 1.54) is 12.1 Å². The summed E-state index contributed by atoms with van der Waals surface area (Å²) in [6, 6.07) is 4.51. The summed E-state index contributed by atoms with van der Waals surface area (Å²) in [5, 5.41) is 3.02. The van der Waals surface area contributed by atoms with Crippen LogP contribution in [0.25, 0.3) is 0 Å². The van der Waals surface area contributed by atoms with Crippen LogP contribution in [0.15, 0.2) is 22.7 Å². The zero-order valence-corrected chi connectivity index (χ0v) is 14.0. The Labute approximate surface area is 133 Å². The van der Waals surface area contributed by atoms with Crippen LogP contribution in [0.5, 0.6) is 5.75 Å². The van der Waals surface area contributed by atoms with Crippen molar-refractivity contribution >= 4 is 21.8 Å². The van der Waals surface area contributed by atoms with Gasteiger partial charge in [-0.25, -0.2) is 4.39 Å². The molecule has 2 rings (SSSR count). The molecule has 0 aliphatic heterocycles. The number of carbonyl (C=O) groups is 1. The van der Waals surface area contributed by atoms with Crippen molar-refractivity contribution in [2.45, 2.75) is 45.1 Å². The monoisotopic (exact) mass is 357 g/mol. The minimum atomic E-state index is -0.477. The van der Waals surface area contributed by atoms with E-state index >= 15 is 0 Å². The maximum atomic E-state index is 13.6. The van der Waals surface area contributed by atoms with Gasteiger partial charge in [-0.1, -0.05) is 22.9 Å². The quantitative estimate of drug-likeness (QED) is 0.882. The third-order valence-electron chi connectivity index (χ3n) is 4.07. The van der Waals surface area contributed by atoms with Crippen molar-refractivity contribution in [3.8, 4) is 5.75 Å². The van der Waals surface area contributed by atoms with E-state index in [1.807, 2.05) is 0 Å². The predicted molar refractivity (Wildman–Crippen MR) is 83.8 cm³/mol. The van der Waals surface area contributed by atoms with Gasteiger partial charge in [0.05, 0.1) is 0 Å². The minimum Gasteiger partial charge on any atom is -0.481 e. The average molecular weight is 358 g/mol. The second-order valence-electron chi connectivity index (χ2n) is 6.15. The fourth-order valence-electron chi connectivity index (χ4n) is 2.63. The summed E-state index contributed by atoms with van der Waals surface area (Å²) in [5.74, 6) is 0.142. The lowest BCUT2D eigenvalue weighted by atomic mass is 9.78. The molecule has 1 saturated carbocycles. The van der Waals surface area contributed by atoms with Crippen LogP contribution in [0.1, 0.15) is 39.5 Å². The van der Waals surface area contributed by atoms with Crippen molar-refractivity contribution in [1.82, 2.24) is 5.32 Å². The molecule has 0 atom stereocenters. The Kier molecular flexibility index (Phi) is 5.25. The molecular formula is C16H21BrFNO2. The molecule has 3 nitrogen and oxygen atoms in total. The molecule has 0 aromatic heterocycles. The number of halogens is 2. The smallest absolute Gasteiger partial charge is 0.258 e. The maximum absolute atomic E-state index is 13.6. The third-order valence-corrected chi connectivity index (χ3v) is 4.56. The highest BCUT2D eigenvalue weighted by Gasteiger charge is 2.30. The van der Waals surface area contributed by atoms with E-state index in [0.717, 1.165) is 31.6 Å². The van der Waals surface area contributed by atoms with Crippen LogP contribution in [-0.2, 0) is 4.79 Å². The Morgan fingerprint density at radius 3 is 2.76 bits per heavy atom. The zero-order valence-electron chi connectivity index (χ0n) is 12.4. The van der Waals surface area contributed by atoms with Gasteiger partial charge in [0.2, 0.25) is 0 Å². The average Bonchev–Trinajstić information content (AvgIpc) is 2.41. The lowest BCUT2D eigenvalue weighted by molar-refractivity contribution is -0.125. The first-order chi connectivity index (χ1) is 9.88. The van der Waals surface area contributed by atoms with Gasteiger partial charge in [0.1, 0.15) is 0 Å². The highest BCUT2D eigenvalue weighted by Crippen LogP contribution is 2.31. The molecule has 1 aliphatic rings. The summed E-state index contributed by atoms with van der Waals surface area (Å²) >= 11 is 3.18. The van der Waals surface area contributed by atoms with Crippen molar-refractivity contribution < 1.29 is 13.9 Å². The molecule has 5 heteroatoms. The number of nitrogens with one attached hydrogen (secondary N) is 1. The molecule has 0 spiro atoms. The molecule has 0 heterocycles. The number of carbonyl (C=O) groups excluding carboxylic acids is 1. The number of hydrogen-bond donors (Lipinski definition) is 1. The molecule has 1 aromatic rings. The highest BCUT2D eigenvalue weighted by atomic mass is 79.9. The van der Waals surface area contributed by atoms with Crippen LogP contribution in [0.3, 0.4) is 0 Å². The Balaban J connectivity index is 1.84. The molecule has 21 heavy (non-hydrogen) atoms. The molecule has 0 saturated heterocycles. The molecule has 0 radical (unpaired) electrons. The van der Waals surface area contributed by atoms with E-state index in [-0.39, 0.29) is 23.8 Å². The molecule has 1 aromatic carbocycles. The largest absolute Gasteiger partial charge is 0.481 e. The van der Waals surface area contributed by atoms with Gasteiger partial charge in [0.25, 0.3) is 5.91 Å². The molecule has 116 valence electrons.